The predicted octanol–water partition coefficient (Wildman–Crippen LogP) is -0.908. The van der Waals surface area contributed by atoms with Crippen molar-refractivity contribution in [2.45, 2.75) is 58.0 Å². The second-order valence-electron chi connectivity index (χ2n) is 9.32. The molecule has 0 bridgehead atoms. The molecule has 0 saturated heterocycles. The number of rotatable bonds is 15. The molecule has 0 spiro atoms. The van der Waals surface area contributed by atoms with Gasteiger partial charge in [0.05, 0.1) is 6.54 Å². The van der Waals surface area contributed by atoms with Gasteiger partial charge in [0.15, 0.2) is 5.96 Å². The van der Waals surface area contributed by atoms with Crippen LogP contribution in [0.1, 0.15) is 44.6 Å². The number of amides is 4. The lowest BCUT2D eigenvalue weighted by atomic mass is 10.0. The monoisotopic (exact) mass is 558 g/mol. The molecule has 0 saturated carbocycles. The molecule has 1 aromatic heterocycles. The molecule has 0 aliphatic rings. The molecule has 2 rings (SSSR count). The van der Waals surface area contributed by atoms with Crippen LogP contribution in [0.5, 0.6) is 0 Å². The van der Waals surface area contributed by atoms with Crippen molar-refractivity contribution in [1.82, 2.24) is 10.6 Å². The van der Waals surface area contributed by atoms with Gasteiger partial charge in [0, 0.05) is 36.7 Å². The molecular formula is C26H38N8O6. The number of nitrogens with one attached hydrogen (secondary N) is 2. The van der Waals surface area contributed by atoms with Crippen LogP contribution in [-0.4, -0.2) is 61.3 Å². The Balaban J connectivity index is 2.34. The van der Waals surface area contributed by atoms with E-state index < -0.39 is 47.9 Å². The van der Waals surface area contributed by atoms with Crippen LogP contribution in [0.15, 0.2) is 38.5 Å². The number of benzene rings is 1. The summed E-state index contributed by atoms with van der Waals surface area (Å²) >= 11 is 0. The number of unbranched alkanes of at least 4 members (excludes halogenated alkanes) is 1. The number of anilines is 1. The maximum atomic E-state index is 13.5. The predicted molar refractivity (Wildman–Crippen MR) is 151 cm³/mol. The van der Waals surface area contributed by atoms with E-state index in [4.69, 9.17) is 27.4 Å². The Bertz CT molecular complexity index is 1300. The van der Waals surface area contributed by atoms with Gasteiger partial charge in [-0.25, -0.2) is 4.79 Å². The van der Waals surface area contributed by atoms with E-state index >= 15 is 0 Å². The van der Waals surface area contributed by atoms with E-state index in [-0.39, 0.29) is 36.6 Å². The number of nitrogens with two attached hydrogens (primary N) is 4. The van der Waals surface area contributed by atoms with Crippen molar-refractivity contribution >= 4 is 46.2 Å². The fraction of sp³-hybridized carbons (Fsp3) is 0.462. The molecule has 0 radical (unpaired) electrons. The van der Waals surface area contributed by atoms with Gasteiger partial charge in [-0.2, -0.15) is 0 Å². The normalized spacial score (nSPS) is 12.3. The van der Waals surface area contributed by atoms with E-state index in [1.54, 1.807) is 19.1 Å². The topological polar surface area (TPSA) is 242 Å². The summed E-state index contributed by atoms with van der Waals surface area (Å²) in [5.41, 5.74) is 22.5. The number of hydrogen-bond donors (Lipinski definition) is 6. The summed E-state index contributed by atoms with van der Waals surface area (Å²) in [5.74, 6) is -2.52. The van der Waals surface area contributed by atoms with E-state index in [9.17, 15) is 24.0 Å². The summed E-state index contributed by atoms with van der Waals surface area (Å²) in [6, 6.07) is 4.10. The summed E-state index contributed by atoms with van der Waals surface area (Å²) in [6.45, 7) is 3.16. The summed E-state index contributed by atoms with van der Waals surface area (Å²) in [4.78, 5) is 67.6. The van der Waals surface area contributed by atoms with Crippen LogP contribution in [0.25, 0.3) is 11.0 Å². The summed E-state index contributed by atoms with van der Waals surface area (Å²) in [5, 5.41) is 5.73. The zero-order valence-electron chi connectivity index (χ0n) is 22.8. The summed E-state index contributed by atoms with van der Waals surface area (Å²) < 4.78 is 5.32. The Morgan fingerprint density at radius 1 is 1.05 bits per heavy atom. The highest BCUT2D eigenvalue weighted by Gasteiger charge is 2.30. The zero-order valence-corrected chi connectivity index (χ0v) is 22.8. The number of primary amides is 1. The highest BCUT2D eigenvalue weighted by molar-refractivity contribution is 6.04. The second kappa shape index (κ2) is 15.2. The molecule has 0 aliphatic heterocycles. The molecule has 0 aliphatic carbocycles. The largest absolute Gasteiger partial charge is 0.423 e. The van der Waals surface area contributed by atoms with Crippen LogP contribution in [0.3, 0.4) is 0 Å². The lowest BCUT2D eigenvalue weighted by Crippen LogP contribution is -2.53. The molecule has 2 atom stereocenters. The minimum atomic E-state index is -1.06. The van der Waals surface area contributed by atoms with Crippen molar-refractivity contribution in [3.63, 3.8) is 0 Å². The summed E-state index contributed by atoms with van der Waals surface area (Å²) in [7, 11) is 0. The third kappa shape index (κ3) is 9.38. The third-order valence-electron chi connectivity index (χ3n) is 6.11. The first-order valence-corrected chi connectivity index (χ1v) is 12.9. The Labute approximate surface area is 231 Å². The molecule has 14 nitrogen and oxygen atoms in total. The van der Waals surface area contributed by atoms with Gasteiger partial charge < -0.3 is 38.0 Å². The van der Waals surface area contributed by atoms with E-state index in [1.807, 2.05) is 0 Å². The van der Waals surface area contributed by atoms with Gasteiger partial charge in [-0.1, -0.05) is 0 Å². The Hall–Kier alpha value is -4.46. The second-order valence-corrected chi connectivity index (χ2v) is 9.32. The van der Waals surface area contributed by atoms with Crippen LogP contribution in [0.4, 0.5) is 5.69 Å². The molecule has 1 heterocycles. The van der Waals surface area contributed by atoms with Crippen molar-refractivity contribution in [3.8, 4) is 0 Å². The first-order chi connectivity index (χ1) is 18.9. The molecule has 1 aromatic carbocycles. The van der Waals surface area contributed by atoms with Gasteiger partial charge in [0.2, 0.25) is 23.6 Å². The lowest BCUT2D eigenvalue weighted by Gasteiger charge is -2.30. The van der Waals surface area contributed by atoms with Gasteiger partial charge in [0.25, 0.3) is 0 Å². The molecule has 40 heavy (non-hydrogen) atoms. The van der Waals surface area contributed by atoms with Crippen LogP contribution in [0.2, 0.25) is 0 Å². The van der Waals surface area contributed by atoms with Gasteiger partial charge in [-0.05, 0) is 63.3 Å². The average Bonchev–Trinajstić information content (AvgIpc) is 2.87. The van der Waals surface area contributed by atoms with Crippen LogP contribution in [-0.2, 0) is 19.2 Å². The SMILES string of the molecule is CC(=O)N[C@@H](CCCN=C(N)N)C(=O)NCC(=O)N(c1ccc2c(C)cc(=O)oc2c1)[C@@H](CCCCN)C(N)=O. The number of nitrogens with zero attached hydrogens (tertiary/aromatic N) is 2. The minimum Gasteiger partial charge on any atom is -0.423 e. The van der Waals surface area contributed by atoms with Crippen molar-refractivity contribution in [2.75, 3.05) is 24.5 Å². The fourth-order valence-electron chi connectivity index (χ4n) is 4.23. The number of guanidine groups is 1. The number of aryl methyl sites for hydroxylation is 1. The van der Waals surface area contributed by atoms with E-state index in [0.29, 0.717) is 36.8 Å². The number of hydrogen-bond acceptors (Lipinski definition) is 8. The van der Waals surface area contributed by atoms with E-state index in [0.717, 1.165) is 0 Å². The van der Waals surface area contributed by atoms with Crippen molar-refractivity contribution < 1.29 is 23.6 Å². The van der Waals surface area contributed by atoms with Gasteiger partial charge in [-0.15, -0.1) is 0 Å². The molecule has 0 unspecified atom stereocenters. The first-order valence-electron chi connectivity index (χ1n) is 12.9. The molecule has 0 fully saturated rings. The smallest absolute Gasteiger partial charge is 0.336 e. The average molecular weight is 559 g/mol. The molecule has 218 valence electrons. The molecule has 2 aromatic rings. The van der Waals surface area contributed by atoms with Crippen molar-refractivity contribution in [2.24, 2.45) is 27.9 Å². The van der Waals surface area contributed by atoms with Crippen LogP contribution >= 0.6 is 0 Å². The standard InChI is InChI=1S/C26H38N8O6/c1-15-12-23(37)40-21-13-17(8-9-18(15)21)34(20(24(28)38)7-3-4-10-27)22(36)14-32-25(39)19(33-16(2)35)6-5-11-31-26(29)30/h8-9,12-13,19-20H,3-7,10-11,14,27H2,1-2H3,(H2,28,38)(H,32,39)(H,33,35)(H4,29,30,31)/t19-,20-/m0/s1. The quantitative estimate of drug-likeness (QED) is 0.0685. The molecule has 10 N–H and O–H groups in total. The van der Waals surface area contributed by atoms with Crippen molar-refractivity contribution in [1.29, 1.82) is 0 Å². The number of carbonyl (C=O) groups is 4. The fourth-order valence-corrected chi connectivity index (χ4v) is 4.23. The summed E-state index contributed by atoms with van der Waals surface area (Å²) in [6.07, 6.45) is 1.95. The Morgan fingerprint density at radius 2 is 1.77 bits per heavy atom. The minimum absolute atomic E-state index is 0.0928. The maximum absolute atomic E-state index is 13.5. The Kier molecular flexibility index (Phi) is 12.1. The Morgan fingerprint density at radius 3 is 2.40 bits per heavy atom. The first kappa shape index (κ1) is 31.8. The molecule has 14 heteroatoms. The third-order valence-corrected chi connectivity index (χ3v) is 6.11. The van der Waals surface area contributed by atoms with Gasteiger partial charge >= 0.3 is 5.63 Å². The lowest BCUT2D eigenvalue weighted by molar-refractivity contribution is -0.130. The highest BCUT2D eigenvalue weighted by atomic mass is 16.4. The van der Waals surface area contributed by atoms with Crippen LogP contribution in [0, 0.1) is 6.92 Å². The van der Waals surface area contributed by atoms with Gasteiger partial charge in [0.1, 0.15) is 17.7 Å². The van der Waals surface area contributed by atoms with Gasteiger partial charge in [-0.3, -0.25) is 29.1 Å². The maximum Gasteiger partial charge on any atom is 0.336 e. The van der Waals surface area contributed by atoms with E-state index in [2.05, 4.69) is 15.6 Å². The number of carbonyl (C=O) groups excluding carboxylic acids is 4. The van der Waals surface area contributed by atoms with Crippen LogP contribution < -0.4 is 44.1 Å². The number of aliphatic imine (C=N–C) groups is 1. The van der Waals surface area contributed by atoms with Crippen molar-refractivity contribution in [3.05, 3.63) is 40.2 Å². The molecular weight excluding hydrogens is 520 g/mol. The highest BCUT2D eigenvalue weighted by Crippen LogP contribution is 2.26. The van der Waals surface area contributed by atoms with E-state index in [1.165, 1.54) is 24.0 Å². The zero-order chi connectivity index (χ0) is 29.8. The molecule has 4 amide bonds. The number of fused-ring (bicyclic) bond motifs is 1.